The summed E-state index contributed by atoms with van der Waals surface area (Å²) in [5, 5.41) is 10.0. The van der Waals surface area contributed by atoms with Crippen LogP contribution in [0.5, 0.6) is 5.75 Å². The predicted molar refractivity (Wildman–Crippen MR) is 71.0 cm³/mol. The SMILES string of the molecule is CC(C)(C)OC(=O)C(O)C1CCc2cc(F)ccc2O1. The molecule has 4 nitrogen and oxygen atoms in total. The van der Waals surface area contributed by atoms with E-state index < -0.39 is 23.8 Å². The van der Waals surface area contributed by atoms with Gasteiger partial charge in [-0.05, 0) is 57.4 Å². The largest absolute Gasteiger partial charge is 0.487 e. The molecule has 1 aliphatic heterocycles. The Hall–Kier alpha value is -1.62. The zero-order valence-electron chi connectivity index (χ0n) is 11.9. The third-order valence-electron chi connectivity index (χ3n) is 3.00. The van der Waals surface area contributed by atoms with Crippen molar-refractivity contribution in [2.24, 2.45) is 0 Å². The van der Waals surface area contributed by atoms with Crippen LogP contribution in [0.25, 0.3) is 0 Å². The van der Waals surface area contributed by atoms with Gasteiger partial charge in [-0.25, -0.2) is 9.18 Å². The molecule has 2 unspecified atom stereocenters. The number of ether oxygens (including phenoxy) is 2. The number of carbonyl (C=O) groups is 1. The average molecular weight is 282 g/mol. The summed E-state index contributed by atoms with van der Waals surface area (Å²) in [6.07, 6.45) is -1.01. The van der Waals surface area contributed by atoms with Crippen molar-refractivity contribution in [1.82, 2.24) is 0 Å². The van der Waals surface area contributed by atoms with Crippen molar-refractivity contribution in [2.75, 3.05) is 0 Å². The molecule has 0 fully saturated rings. The molecule has 110 valence electrons. The summed E-state index contributed by atoms with van der Waals surface area (Å²) >= 11 is 0. The first-order chi connectivity index (χ1) is 9.26. The molecule has 1 N–H and O–H groups in total. The number of benzene rings is 1. The van der Waals surface area contributed by atoms with Crippen molar-refractivity contribution in [2.45, 2.75) is 51.4 Å². The quantitative estimate of drug-likeness (QED) is 0.845. The average Bonchev–Trinajstić information content (AvgIpc) is 2.35. The first kappa shape index (κ1) is 14.8. The Morgan fingerprint density at radius 1 is 1.50 bits per heavy atom. The Kier molecular flexibility index (Phi) is 3.99. The topological polar surface area (TPSA) is 55.8 Å². The molecule has 1 heterocycles. The van der Waals surface area contributed by atoms with Gasteiger partial charge >= 0.3 is 5.97 Å². The van der Waals surface area contributed by atoms with Gasteiger partial charge in [0.15, 0.2) is 6.10 Å². The highest BCUT2D eigenvalue weighted by Crippen LogP contribution is 2.29. The number of fused-ring (bicyclic) bond motifs is 1. The summed E-state index contributed by atoms with van der Waals surface area (Å²) in [4.78, 5) is 11.8. The van der Waals surface area contributed by atoms with Crippen molar-refractivity contribution in [1.29, 1.82) is 0 Å². The van der Waals surface area contributed by atoms with Crippen LogP contribution in [0.15, 0.2) is 18.2 Å². The molecular formula is C15H19FO4. The lowest BCUT2D eigenvalue weighted by Crippen LogP contribution is -2.43. The number of aliphatic hydroxyl groups excluding tert-OH is 1. The molecular weight excluding hydrogens is 263 g/mol. The van der Waals surface area contributed by atoms with Crippen LogP contribution < -0.4 is 4.74 Å². The fraction of sp³-hybridized carbons (Fsp3) is 0.533. The van der Waals surface area contributed by atoms with E-state index in [1.165, 1.54) is 18.2 Å². The van der Waals surface area contributed by atoms with E-state index in [9.17, 15) is 14.3 Å². The summed E-state index contributed by atoms with van der Waals surface area (Å²) in [6.45, 7) is 5.20. The monoisotopic (exact) mass is 282 g/mol. The lowest BCUT2D eigenvalue weighted by atomic mass is 9.99. The van der Waals surface area contributed by atoms with Gasteiger partial charge in [-0.3, -0.25) is 0 Å². The van der Waals surface area contributed by atoms with Crippen LogP contribution in [0.1, 0.15) is 32.8 Å². The number of halogens is 1. The van der Waals surface area contributed by atoms with Crippen LogP contribution in [-0.4, -0.2) is 28.9 Å². The Balaban J connectivity index is 2.05. The van der Waals surface area contributed by atoms with Gasteiger partial charge in [-0.2, -0.15) is 0 Å². The number of hydrogen-bond acceptors (Lipinski definition) is 4. The van der Waals surface area contributed by atoms with Gasteiger partial charge in [-0.1, -0.05) is 0 Å². The van der Waals surface area contributed by atoms with Crippen molar-refractivity contribution in [3.05, 3.63) is 29.6 Å². The molecule has 5 heteroatoms. The zero-order chi connectivity index (χ0) is 14.9. The molecule has 0 bridgehead atoms. The molecule has 20 heavy (non-hydrogen) atoms. The van der Waals surface area contributed by atoms with Gasteiger partial charge in [0.25, 0.3) is 0 Å². The van der Waals surface area contributed by atoms with Crippen molar-refractivity contribution in [3.63, 3.8) is 0 Å². The van der Waals surface area contributed by atoms with Crippen molar-refractivity contribution >= 4 is 5.97 Å². The lowest BCUT2D eigenvalue weighted by Gasteiger charge is -2.30. The highest BCUT2D eigenvalue weighted by molar-refractivity contribution is 5.75. The lowest BCUT2D eigenvalue weighted by molar-refractivity contribution is -0.170. The molecule has 1 aromatic carbocycles. The number of carbonyl (C=O) groups excluding carboxylic acids is 1. The smallest absolute Gasteiger partial charge is 0.339 e. The Labute approximate surface area is 117 Å². The molecule has 0 aliphatic carbocycles. The second-order valence-corrected chi connectivity index (χ2v) is 5.93. The van der Waals surface area contributed by atoms with E-state index in [1.807, 2.05) is 0 Å². The minimum absolute atomic E-state index is 0.321. The number of hydrogen-bond donors (Lipinski definition) is 1. The van der Waals surface area contributed by atoms with Gasteiger partial charge < -0.3 is 14.6 Å². The van der Waals surface area contributed by atoms with E-state index in [-0.39, 0.29) is 5.82 Å². The normalized spacial score (nSPS) is 19.8. The third kappa shape index (κ3) is 3.48. The van der Waals surface area contributed by atoms with Crippen LogP contribution in [0.4, 0.5) is 4.39 Å². The summed E-state index contributed by atoms with van der Waals surface area (Å²) in [6, 6.07) is 4.21. The standard InChI is InChI=1S/C15H19FO4/c1-15(2,3)20-14(18)13(17)12-6-4-9-8-10(16)5-7-11(9)19-12/h5,7-8,12-13,17H,4,6H2,1-3H3. The van der Waals surface area contributed by atoms with E-state index in [2.05, 4.69) is 0 Å². The Morgan fingerprint density at radius 2 is 2.20 bits per heavy atom. The number of aliphatic hydroxyl groups is 1. The Bertz CT molecular complexity index is 507. The fourth-order valence-electron chi connectivity index (χ4n) is 2.11. The summed E-state index contributed by atoms with van der Waals surface area (Å²) in [5.41, 5.74) is 0.0889. The summed E-state index contributed by atoms with van der Waals surface area (Å²) in [5.74, 6) is -0.517. The van der Waals surface area contributed by atoms with E-state index >= 15 is 0 Å². The van der Waals surface area contributed by atoms with Crippen molar-refractivity contribution < 1.29 is 23.8 Å². The maximum absolute atomic E-state index is 13.1. The number of rotatable bonds is 2. The van der Waals surface area contributed by atoms with E-state index in [0.717, 1.165) is 5.56 Å². The molecule has 2 rings (SSSR count). The van der Waals surface area contributed by atoms with E-state index in [4.69, 9.17) is 9.47 Å². The van der Waals surface area contributed by atoms with Crippen LogP contribution in [0, 0.1) is 5.82 Å². The molecule has 0 spiro atoms. The highest BCUT2D eigenvalue weighted by atomic mass is 19.1. The molecule has 2 atom stereocenters. The molecule has 1 aromatic rings. The molecule has 0 saturated carbocycles. The minimum atomic E-state index is -1.34. The molecule has 0 radical (unpaired) electrons. The van der Waals surface area contributed by atoms with Gasteiger partial charge in [0.2, 0.25) is 0 Å². The second kappa shape index (κ2) is 5.40. The van der Waals surface area contributed by atoms with Gasteiger partial charge in [-0.15, -0.1) is 0 Å². The zero-order valence-corrected chi connectivity index (χ0v) is 11.9. The minimum Gasteiger partial charge on any atom is -0.487 e. The van der Waals surface area contributed by atoms with Crippen LogP contribution >= 0.6 is 0 Å². The molecule has 1 aliphatic rings. The fourth-order valence-corrected chi connectivity index (χ4v) is 2.11. The van der Waals surface area contributed by atoms with Crippen LogP contribution in [0.3, 0.4) is 0 Å². The Morgan fingerprint density at radius 3 is 2.85 bits per heavy atom. The van der Waals surface area contributed by atoms with Gasteiger partial charge in [0.05, 0.1) is 0 Å². The molecule has 0 amide bonds. The first-order valence-corrected chi connectivity index (χ1v) is 6.62. The van der Waals surface area contributed by atoms with E-state index in [1.54, 1.807) is 20.8 Å². The second-order valence-electron chi connectivity index (χ2n) is 5.93. The van der Waals surface area contributed by atoms with E-state index in [0.29, 0.717) is 18.6 Å². The predicted octanol–water partition coefficient (Wildman–Crippen LogP) is 2.22. The first-order valence-electron chi connectivity index (χ1n) is 6.62. The maximum atomic E-state index is 13.1. The third-order valence-corrected chi connectivity index (χ3v) is 3.00. The van der Waals surface area contributed by atoms with Crippen LogP contribution in [-0.2, 0) is 16.0 Å². The summed E-state index contributed by atoms with van der Waals surface area (Å²) < 4.78 is 23.8. The number of esters is 1. The summed E-state index contributed by atoms with van der Waals surface area (Å²) in [7, 11) is 0. The highest BCUT2D eigenvalue weighted by Gasteiger charge is 2.34. The number of aryl methyl sites for hydroxylation is 1. The van der Waals surface area contributed by atoms with Crippen molar-refractivity contribution in [3.8, 4) is 5.75 Å². The van der Waals surface area contributed by atoms with Gasteiger partial charge in [0, 0.05) is 0 Å². The van der Waals surface area contributed by atoms with Crippen LogP contribution in [0.2, 0.25) is 0 Å². The van der Waals surface area contributed by atoms with Gasteiger partial charge in [0.1, 0.15) is 23.3 Å². The molecule has 0 aromatic heterocycles. The molecule has 0 saturated heterocycles. The maximum Gasteiger partial charge on any atom is 0.339 e.